The molecule has 7 heteroatoms. The van der Waals surface area contributed by atoms with Gasteiger partial charge in [-0.3, -0.25) is 0 Å². The van der Waals surface area contributed by atoms with E-state index in [0.29, 0.717) is 11.3 Å². The average Bonchev–Trinajstić information content (AvgIpc) is 2.45. The van der Waals surface area contributed by atoms with Gasteiger partial charge in [-0.25, -0.2) is 9.78 Å². The Morgan fingerprint density at radius 1 is 1.32 bits per heavy atom. The van der Waals surface area contributed by atoms with E-state index in [2.05, 4.69) is 20.4 Å². The first-order valence-corrected chi connectivity index (χ1v) is 6.54. The van der Waals surface area contributed by atoms with Gasteiger partial charge in [0.25, 0.3) is 0 Å². The zero-order valence-electron chi connectivity index (χ0n) is 11.8. The lowest BCUT2D eigenvalue weighted by atomic mass is 10.2. The third kappa shape index (κ3) is 5.01. The number of hydrogen-bond acceptors (Lipinski definition) is 3. The molecule has 0 aliphatic carbocycles. The van der Waals surface area contributed by atoms with E-state index in [1.165, 1.54) is 12.3 Å². The topological polar surface area (TPSA) is 63.2 Å². The molecule has 1 aromatic heterocycles. The quantitative estimate of drug-likeness (QED) is 0.890. The van der Waals surface area contributed by atoms with Crippen LogP contribution in [0.5, 0.6) is 5.88 Å². The number of hydrogen-bond donors (Lipinski definition) is 2. The molecule has 0 radical (unpaired) electrons. The first-order valence-electron chi connectivity index (χ1n) is 6.54. The standard InChI is InChI=1S/C15H15F2N3O2/c1-10-3-2-4-12(7-10)20-15(21)19-9-11-5-6-18-13(8-11)22-14(16)17/h2-8,14H,9H2,1H3,(H2,19,20,21). The molecular weight excluding hydrogens is 292 g/mol. The molecule has 2 N–H and O–H groups in total. The van der Waals surface area contributed by atoms with Crippen LogP contribution in [0.15, 0.2) is 42.6 Å². The van der Waals surface area contributed by atoms with Crippen molar-refractivity contribution in [1.29, 1.82) is 0 Å². The summed E-state index contributed by atoms with van der Waals surface area (Å²) in [5.41, 5.74) is 2.31. The summed E-state index contributed by atoms with van der Waals surface area (Å²) in [5, 5.41) is 5.31. The van der Waals surface area contributed by atoms with Gasteiger partial charge in [0.2, 0.25) is 5.88 Å². The van der Waals surface area contributed by atoms with Crippen molar-refractivity contribution in [3.8, 4) is 5.88 Å². The van der Waals surface area contributed by atoms with Crippen molar-refractivity contribution in [2.24, 2.45) is 0 Å². The maximum Gasteiger partial charge on any atom is 0.388 e. The van der Waals surface area contributed by atoms with Crippen LogP contribution in [-0.2, 0) is 6.54 Å². The normalized spacial score (nSPS) is 10.4. The van der Waals surface area contributed by atoms with E-state index in [4.69, 9.17) is 0 Å². The summed E-state index contributed by atoms with van der Waals surface area (Å²) >= 11 is 0. The zero-order valence-corrected chi connectivity index (χ0v) is 11.8. The number of anilines is 1. The summed E-state index contributed by atoms with van der Waals surface area (Å²) in [7, 11) is 0. The number of amides is 2. The highest BCUT2D eigenvalue weighted by atomic mass is 19.3. The van der Waals surface area contributed by atoms with Crippen LogP contribution in [0.25, 0.3) is 0 Å². The van der Waals surface area contributed by atoms with E-state index >= 15 is 0 Å². The Kier molecular flexibility index (Phi) is 5.24. The Balaban J connectivity index is 1.88. The molecule has 0 fully saturated rings. The fraction of sp³-hybridized carbons (Fsp3) is 0.200. The Hall–Kier alpha value is -2.70. The Morgan fingerprint density at radius 3 is 2.86 bits per heavy atom. The summed E-state index contributed by atoms with van der Waals surface area (Å²) in [6.45, 7) is -0.843. The number of benzene rings is 1. The molecule has 2 aromatic rings. The van der Waals surface area contributed by atoms with Gasteiger partial charge in [-0.15, -0.1) is 0 Å². The first-order chi connectivity index (χ1) is 10.5. The van der Waals surface area contributed by atoms with Crippen LogP contribution in [0.2, 0.25) is 0 Å². The summed E-state index contributed by atoms with van der Waals surface area (Å²) in [5.74, 6) is -0.187. The number of rotatable bonds is 5. The smallest absolute Gasteiger partial charge is 0.388 e. The largest absolute Gasteiger partial charge is 0.417 e. The van der Waals surface area contributed by atoms with Crippen molar-refractivity contribution in [2.75, 3.05) is 5.32 Å². The van der Waals surface area contributed by atoms with Crippen molar-refractivity contribution in [3.05, 3.63) is 53.7 Å². The number of nitrogens with one attached hydrogen (secondary N) is 2. The van der Waals surface area contributed by atoms with Crippen LogP contribution < -0.4 is 15.4 Å². The highest BCUT2D eigenvalue weighted by Crippen LogP contribution is 2.12. The number of ether oxygens (including phenoxy) is 1. The molecule has 0 aliphatic rings. The maximum atomic E-state index is 12.1. The molecule has 0 spiro atoms. The van der Waals surface area contributed by atoms with Crippen LogP contribution in [0.4, 0.5) is 19.3 Å². The van der Waals surface area contributed by atoms with Crippen LogP contribution in [0.1, 0.15) is 11.1 Å². The molecule has 1 heterocycles. The second kappa shape index (κ2) is 7.35. The highest BCUT2D eigenvalue weighted by molar-refractivity contribution is 5.89. The fourth-order valence-electron chi connectivity index (χ4n) is 1.80. The number of aryl methyl sites for hydroxylation is 1. The second-order valence-corrected chi connectivity index (χ2v) is 4.56. The number of nitrogens with zero attached hydrogens (tertiary/aromatic N) is 1. The van der Waals surface area contributed by atoms with Gasteiger partial charge in [-0.2, -0.15) is 8.78 Å². The van der Waals surface area contributed by atoms with Gasteiger partial charge in [0, 0.05) is 24.5 Å². The van der Waals surface area contributed by atoms with Crippen LogP contribution in [0, 0.1) is 6.92 Å². The number of carbonyl (C=O) groups excluding carboxylic acids is 1. The van der Waals surface area contributed by atoms with E-state index in [-0.39, 0.29) is 12.4 Å². The van der Waals surface area contributed by atoms with Gasteiger partial charge >= 0.3 is 12.6 Å². The first kappa shape index (κ1) is 15.7. The van der Waals surface area contributed by atoms with Crippen molar-refractivity contribution in [3.63, 3.8) is 0 Å². The Bertz CT molecular complexity index is 650. The molecule has 5 nitrogen and oxygen atoms in total. The average molecular weight is 307 g/mol. The number of aromatic nitrogens is 1. The summed E-state index contributed by atoms with van der Waals surface area (Å²) in [4.78, 5) is 15.4. The zero-order chi connectivity index (χ0) is 15.9. The molecule has 0 saturated heterocycles. The van der Waals surface area contributed by atoms with E-state index < -0.39 is 12.6 Å². The lowest BCUT2D eigenvalue weighted by molar-refractivity contribution is -0.0528. The maximum absolute atomic E-state index is 12.1. The van der Waals surface area contributed by atoms with E-state index in [1.54, 1.807) is 12.1 Å². The van der Waals surface area contributed by atoms with Gasteiger partial charge in [0.15, 0.2) is 0 Å². The van der Waals surface area contributed by atoms with Crippen molar-refractivity contribution >= 4 is 11.7 Å². The highest BCUT2D eigenvalue weighted by Gasteiger charge is 2.07. The minimum atomic E-state index is -2.93. The number of pyridine rings is 1. The lowest BCUT2D eigenvalue weighted by Gasteiger charge is -2.09. The molecule has 0 unspecified atom stereocenters. The minimum absolute atomic E-state index is 0.166. The molecule has 22 heavy (non-hydrogen) atoms. The molecule has 0 atom stereocenters. The minimum Gasteiger partial charge on any atom is -0.417 e. The summed E-state index contributed by atoms with van der Waals surface area (Å²) in [6.07, 6.45) is 1.34. The van der Waals surface area contributed by atoms with Crippen molar-refractivity contribution in [1.82, 2.24) is 10.3 Å². The molecule has 1 aromatic carbocycles. The Morgan fingerprint density at radius 2 is 2.14 bits per heavy atom. The molecule has 0 saturated carbocycles. The summed E-state index contributed by atoms with van der Waals surface area (Å²) in [6, 6.07) is 9.92. The second-order valence-electron chi connectivity index (χ2n) is 4.56. The number of alkyl halides is 2. The van der Waals surface area contributed by atoms with Crippen LogP contribution in [-0.4, -0.2) is 17.6 Å². The van der Waals surface area contributed by atoms with E-state index in [0.717, 1.165) is 5.56 Å². The molecule has 116 valence electrons. The van der Waals surface area contributed by atoms with E-state index in [9.17, 15) is 13.6 Å². The van der Waals surface area contributed by atoms with Gasteiger partial charge < -0.3 is 15.4 Å². The number of urea groups is 1. The summed E-state index contributed by atoms with van der Waals surface area (Å²) < 4.78 is 28.4. The Labute approximate surface area is 126 Å². The number of carbonyl (C=O) groups is 1. The van der Waals surface area contributed by atoms with Gasteiger partial charge in [0.1, 0.15) is 0 Å². The lowest BCUT2D eigenvalue weighted by Crippen LogP contribution is -2.28. The molecule has 2 amide bonds. The monoisotopic (exact) mass is 307 g/mol. The molecule has 0 bridgehead atoms. The van der Waals surface area contributed by atoms with Gasteiger partial charge in [-0.05, 0) is 36.2 Å². The fourth-order valence-corrected chi connectivity index (χ4v) is 1.80. The van der Waals surface area contributed by atoms with E-state index in [1.807, 2.05) is 25.1 Å². The van der Waals surface area contributed by atoms with Crippen molar-refractivity contribution in [2.45, 2.75) is 20.1 Å². The molecule has 2 rings (SSSR count). The number of halogens is 2. The van der Waals surface area contributed by atoms with Crippen molar-refractivity contribution < 1.29 is 18.3 Å². The SMILES string of the molecule is Cc1cccc(NC(=O)NCc2ccnc(OC(F)F)c2)c1. The van der Waals surface area contributed by atoms with Gasteiger partial charge in [-0.1, -0.05) is 12.1 Å². The predicted molar refractivity (Wildman–Crippen MR) is 77.9 cm³/mol. The third-order valence-corrected chi connectivity index (χ3v) is 2.74. The van der Waals surface area contributed by atoms with Crippen LogP contribution >= 0.6 is 0 Å². The third-order valence-electron chi connectivity index (χ3n) is 2.74. The van der Waals surface area contributed by atoms with Gasteiger partial charge in [0.05, 0.1) is 0 Å². The molecular formula is C15H15F2N3O2. The molecule has 0 aliphatic heterocycles. The predicted octanol–water partition coefficient (Wildman–Crippen LogP) is 3.31. The van der Waals surface area contributed by atoms with Crippen LogP contribution in [0.3, 0.4) is 0 Å².